The quantitative estimate of drug-likeness (QED) is 0.251. The number of nitriles is 1. The first-order valence-corrected chi connectivity index (χ1v) is 11.8. The minimum absolute atomic E-state index is 0.308. The van der Waals surface area contributed by atoms with Crippen molar-refractivity contribution in [3.8, 4) is 23.3 Å². The Morgan fingerprint density at radius 2 is 1.85 bits per heavy atom. The highest BCUT2D eigenvalue weighted by molar-refractivity contribution is 9.10. The van der Waals surface area contributed by atoms with E-state index < -0.39 is 5.91 Å². The van der Waals surface area contributed by atoms with Gasteiger partial charge in [-0.1, -0.05) is 28.1 Å². The molecule has 174 valence electrons. The molecule has 3 aromatic carbocycles. The van der Waals surface area contributed by atoms with E-state index in [2.05, 4.69) is 48.5 Å². The van der Waals surface area contributed by atoms with Gasteiger partial charge in [-0.25, -0.2) is 5.43 Å². The number of amides is 1. The molecule has 7 nitrogen and oxygen atoms in total. The fourth-order valence-corrected chi connectivity index (χ4v) is 3.92. The molecule has 0 spiro atoms. The average Bonchev–Trinajstić information content (AvgIpc) is 2.84. The molecule has 3 aromatic rings. The maximum atomic E-state index is 12.5. The summed E-state index contributed by atoms with van der Waals surface area (Å²) < 4.78 is 18.4. The van der Waals surface area contributed by atoms with E-state index in [4.69, 9.17) is 19.5 Å². The molecule has 0 aromatic heterocycles. The Morgan fingerprint density at radius 1 is 1.09 bits per heavy atom. The van der Waals surface area contributed by atoms with Gasteiger partial charge >= 0.3 is 0 Å². The van der Waals surface area contributed by atoms with Crippen LogP contribution in [0.4, 0.5) is 0 Å². The lowest BCUT2D eigenvalue weighted by Crippen LogP contribution is -2.18. The molecule has 0 fully saturated rings. The minimum atomic E-state index is -0.402. The molecule has 0 bridgehead atoms. The highest BCUT2D eigenvalue weighted by atomic mass is 79.9. The Hall–Kier alpha value is -3.35. The van der Waals surface area contributed by atoms with E-state index >= 15 is 0 Å². The van der Waals surface area contributed by atoms with Crippen LogP contribution in [0.3, 0.4) is 0 Å². The number of carbonyl (C=O) groups is 1. The van der Waals surface area contributed by atoms with E-state index in [1.54, 1.807) is 36.4 Å². The van der Waals surface area contributed by atoms with Gasteiger partial charge in [0.05, 0.1) is 41.6 Å². The fourth-order valence-electron chi connectivity index (χ4n) is 2.98. The largest absolute Gasteiger partial charge is 0.496 e. The van der Waals surface area contributed by atoms with E-state index in [0.29, 0.717) is 51.6 Å². The molecule has 0 aliphatic rings. The first kappa shape index (κ1) is 25.3. The van der Waals surface area contributed by atoms with Gasteiger partial charge in [-0.05, 0) is 76.4 Å². The summed E-state index contributed by atoms with van der Waals surface area (Å²) >= 11 is 6.88. The first-order valence-electron chi connectivity index (χ1n) is 10.2. The number of carbonyl (C=O) groups excluding carboxylic acids is 1. The summed E-state index contributed by atoms with van der Waals surface area (Å²) in [6, 6.07) is 18.0. The van der Waals surface area contributed by atoms with Crippen LogP contribution in [0.2, 0.25) is 0 Å². The molecule has 0 heterocycles. The molecule has 0 atom stereocenters. The van der Waals surface area contributed by atoms with Crippen molar-refractivity contribution in [3.63, 3.8) is 0 Å². The van der Waals surface area contributed by atoms with E-state index in [0.717, 1.165) is 10.0 Å². The average molecular weight is 587 g/mol. The van der Waals surface area contributed by atoms with Gasteiger partial charge in [0.1, 0.15) is 12.4 Å². The Morgan fingerprint density at radius 3 is 2.53 bits per heavy atom. The van der Waals surface area contributed by atoms with E-state index in [1.165, 1.54) is 13.3 Å². The second-order valence-corrected chi connectivity index (χ2v) is 8.67. The van der Waals surface area contributed by atoms with Crippen LogP contribution in [0, 0.1) is 11.3 Å². The van der Waals surface area contributed by atoms with Crippen molar-refractivity contribution < 1.29 is 19.0 Å². The maximum Gasteiger partial charge on any atom is 0.275 e. The first-order chi connectivity index (χ1) is 16.4. The number of methoxy groups -OCH3 is 1. The highest BCUT2D eigenvalue weighted by Gasteiger charge is 2.14. The maximum absolute atomic E-state index is 12.5. The molecule has 0 aliphatic heterocycles. The van der Waals surface area contributed by atoms with Gasteiger partial charge in [0.2, 0.25) is 0 Å². The van der Waals surface area contributed by atoms with Crippen molar-refractivity contribution >= 4 is 44.0 Å². The van der Waals surface area contributed by atoms with Gasteiger partial charge in [-0.3, -0.25) is 4.79 Å². The van der Waals surface area contributed by atoms with Crippen molar-refractivity contribution in [1.29, 1.82) is 5.26 Å². The van der Waals surface area contributed by atoms with Crippen LogP contribution in [0.25, 0.3) is 0 Å². The van der Waals surface area contributed by atoms with E-state index in [-0.39, 0.29) is 0 Å². The summed E-state index contributed by atoms with van der Waals surface area (Å²) in [6.07, 6.45) is 1.51. The number of nitrogens with zero attached hydrogens (tertiary/aromatic N) is 2. The lowest BCUT2D eigenvalue weighted by molar-refractivity contribution is 0.0952. The molecule has 9 heteroatoms. The third kappa shape index (κ3) is 6.59. The number of rotatable bonds is 9. The fraction of sp³-hybridized carbons (Fsp3) is 0.160. The Bertz CT molecular complexity index is 1240. The molecule has 34 heavy (non-hydrogen) atoms. The Kier molecular flexibility index (Phi) is 9.08. The second kappa shape index (κ2) is 12.2. The Labute approximate surface area is 214 Å². The van der Waals surface area contributed by atoms with Crippen LogP contribution in [0.5, 0.6) is 17.2 Å². The predicted molar refractivity (Wildman–Crippen MR) is 137 cm³/mol. The number of hydrogen-bond donors (Lipinski definition) is 1. The highest BCUT2D eigenvalue weighted by Crippen LogP contribution is 2.37. The van der Waals surface area contributed by atoms with Gasteiger partial charge in [-0.2, -0.15) is 10.4 Å². The molecule has 0 saturated carbocycles. The third-order valence-corrected chi connectivity index (χ3v) is 5.67. The zero-order valence-corrected chi connectivity index (χ0v) is 21.6. The number of nitrogens with one attached hydrogen (secondary N) is 1. The summed E-state index contributed by atoms with van der Waals surface area (Å²) in [4.78, 5) is 12.5. The van der Waals surface area contributed by atoms with Crippen LogP contribution < -0.4 is 19.6 Å². The lowest BCUT2D eigenvalue weighted by Gasteiger charge is -2.14. The number of hydrazone groups is 1. The smallest absolute Gasteiger partial charge is 0.275 e. The molecule has 3 rings (SSSR count). The van der Waals surface area contributed by atoms with Crippen LogP contribution in [-0.2, 0) is 6.61 Å². The number of ether oxygens (including phenoxy) is 3. The molecule has 0 aliphatic carbocycles. The molecule has 0 radical (unpaired) electrons. The third-order valence-electron chi connectivity index (χ3n) is 4.58. The van der Waals surface area contributed by atoms with Crippen molar-refractivity contribution in [3.05, 3.63) is 85.8 Å². The normalized spacial score (nSPS) is 10.6. The molecule has 0 unspecified atom stereocenters. The lowest BCUT2D eigenvalue weighted by atomic mass is 10.1. The van der Waals surface area contributed by atoms with Gasteiger partial charge in [-0.15, -0.1) is 0 Å². The summed E-state index contributed by atoms with van der Waals surface area (Å²) in [5, 5.41) is 13.0. The van der Waals surface area contributed by atoms with E-state index in [9.17, 15) is 4.79 Å². The van der Waals surface area contributed by atoms with Crippen LogP contribution in [-0.4, -0.2) is 25.8 Å². The summed E-state index contributed by atoms with van der Waals surface area (Å²) in [6.45, 7) is 2.63. The van der Waals surface area contributed by atoms with Crippen LogP contribution in [0.15, 0.2) is 68.6 Å². The molecule has 0 saturated heterocycles. The topological polar surface area (TPSA) is 92.9 Å². The molecular formula is C25H21Br2N3O4. The van der Waals surface area contributed by atoms with Gasteiger partial charge < -0.3 is 14.2 Å². The molecular weight excluding hydrogens is 566 g/mol. The number of hydrogen-bond acceptors (Lipinski definition) is 6. The minimum Gasteiger partial charge on any atom is -0.496 e. The van der Waals surface area contributed by atoms with Crippen molar-refractivity contribution in [1.82, 2.24) is 5.43 Å². The monoisotopic (exact) mass is 585 g/mol. The SMILES string of the molecule is CCOc1cc(/C=N\NC(=O)c2cc(Br)ccc2OC)cc(Br)c1OCc1ccc(C#N)cc1. The summed E-state index contributed by atoms with van der Waals surface area (Å²) in [7, 11) is 1.50. The van der Waals surface area contributed by atoms with Crippen LogP contribution >= 0.6 is 31.9 Å². The number of halogens is 2. The zero-order chi connectivity index (χ0) is 24.5. The van der Waals surface area contributed by atoms with Crippen molar-refractivity contribution in [2.75, 3.05) is 13.7 Å². The van der Waals surface area contributed by atoms with E-state index in [1.807, 2.05) is 25.1 Å². The second-order valence-electron chi connectivity index (χ2n) is 6.90. The number of benzene rings is 3. The summed E-state index contributed by atoms with van der Waals surface area (Å²) in [5.41, 5.74) is 5.08. The predicted octanol–water partition coefficient (Wildman–Crippen LogP) is 5.83. The van der Waals surface area contributed by atoms with Crippen molar-refractivity contribution in [2.45, 2.75) is 13.5 Å². The molecule has 1 amide bonds. The molecule has 1 N–H and O–H groups in total. The van der Waals surface area contributed by atoms with Gasteiger partial charge in [0, 0.05) is 4.47 Å². The van der Waals surface area contributed by atoms with Gasteiger partial charge in [0.25, 0.3) is 5.91 Å². The Balaban J connectivity index is 1.74. The zero-order valence-electron chi connectivity index (χ0n) is 18.5. The summed E-state index contributed by atoms with van der Waals surface area (Å²) in [5.74, 6) is 1.13. The van der Waals surface area contributed by atoms with Crippen LogP contribution in [0.1, 0.15) is 34.0 Å². The standard InChI is InChI=1S/C25H21Br2N3O4/c1-3-33-23-11-18(14-29-30-25(31)20-12-19(26)8-9-22(20)32-2)10-21(27)24(23)34-15-17-6-4-16(13-28)5-7-17/h4-12,14H,3,15H2,1-2H3,(H,30,31)/b29-14-. The van der Waals surface area contributed by atoms with Gasteiger partial charge in [0.15, 0.2) is 11.5 Å². The van der Waals surface area contributed by atoms with Crippen molar-refractivity contribution in [2.24, 2.45) is 5.10 Å².